The van der Waals surface area contributed by atoms with Crippen molar-refractivity contribution < 1.29 is 28.5 Å². The SMILES string of the molecule is C=NCCOCCOCCOCCOCC(=O)OCC. The van der Waals surface area contributed by atoms with Gasteiger partial charge in [0.25, 0.3) is 0 Å². The fourth-order valence-electron chi connectivity index (χ4n) is 1.15. The maximum atomic E-state index is 10.9. The number of esters is 1. The molecule has 0 rings (SSSR count). The lowest BCUT2D eigenvalue weighted by atomic mass is 10.6. The van der Waals surface area contributed by atoms with Gasteiger partial charge in [-0.2, -0.15) is 0 Å². The highest BCUT2D eigenvalue weighted by atomic mass is 16.6. The van der Waals surface area contributed by atoms with Gasteiger partial charge in [-0.1, -0.05) is 0 Å². The van der Waals surface area contributed by atoms with Crippen LogP contribution in [-0.4, -0.2) is 78.7 Å². The lowest BCUT2D eigenvalue weighted by molar-refractivity contribution is -0.149. The lowest BCUT2D eigenvalue weighted by Gasteiger charge is -2.07. The van der Waals surface area contributed by atoms with Crippen molar-refractivity contribution in [2.24, 2.45) is 4.99 Å². The van der Waals surface area contributed by atoms with Crippen LogP contribution >= 0.6 is 0 Å². The minimum absolute atomic E-state index is 0.0371. The Balaban J connectivity index is 3.02. The Kier molecular flexibility index (Phi) is 15.2. The summed E-state index contributed by atoms with van der Waals surface area (Å²) in [6, 6.07) is 0. The molecular formula is C13H25NO6. The molecule has 7 heteroatoms. The van der Waals surface area contributed by atoms with E-state index in [0.717, 1.165) is 0 Å². The number of carbonyl (C=O) groups is 1. The van der Waals surface area contributed by atoms with Crippen LogP contribution in [0.15, 0.2) is 4.99 Å². The summed E-state index contributed by atoms with van der Waals surface area (Å²) in [7, 11) is 0. The monoisotopic (exact) mass is 291 g/mol. The van der Waals surface area contributed by atoms with Crippen LogP contribution in [0.5, 0.6) is 0 Å². The summed E-state index contributed by atoms with van der Waals surface area (Å²) < 4.78 is 25.5. The first-order valence-electron chi connectivity index (χ1n) is 6.70. The highest BCUT2D eigenvalue weighted by Crippen LogP contribution is 1.84. The predicted octanol–water partition coefficient (Wildman–Crippen LogP) is 0.317. The van der Waals surface area contributed by atoms with Gasteiger partial charge in [-0.05, 0) is 13.6 Å². The van der Waals surface area contributed by atoms with Gasteiger partial charge in [0, 0.05) is 0 Å². The zero-order valence-corrected chi connectivity index (χ0v) is 12.2. The predicted molar refractivity (Wildman–Crippen MR) is 74.3 cm³/mol. The molecule has 0 aliphatic carbocycles. The standard InChI is InChI=1S/C13H25NO6/c1-3-20-13(15)12-19-11-10-18-9-8-17-7-6-16-5-4-14-2/h2-12H2,1H3. The summed E-state index contributed by atoms with van der Waals surface area (Å²) in [5, 5.41) is 0. The van der Waals surface area contributed by atoms with Gasteiger partial charge in [0.15, 0.2) is 0 Å². The molecule has 0 radical (unpaired) electrons. The number of carbonyl (C=O) groups excluding carboxylic acids is 1. The molecule has 0 aromatic carbocycles. The average molecular weight is 291 g/mol. The van der Waals surface area contributed by atoms with Gasteiger partial charge in [0.1, 0.15) is 6.61 Å². The van der Waals surface area contributed by atoms with Crippen LogP contribution in [0.25, 0.3) is 0 Å². The van der Waals surface area contributed by atoms with Gasteiger partial charge in [0.05, 0.1) is 59.4 Å². The Morgan fingerprint density at radius 2 is 1.40 bits per heavy atom. The van der Waals surface area contributed by atoms with Gasteiger partial charge in [-0.3, -0.25) is 4.99 Å². The number of hydrogen-bond donors (Lipinski definition) is 0. The second-order valence-electron chi connectivity index (χ2n) is 3.64. The van der Waals surface area contributed by atoms with Gasteiger partial charge < -0.3 is 23.7 Å². The molecule has 0 fully saturated rings. The first-order valence-corrected chi connectivity index (χ1v) is 6.70. The van der Waals surface area contributed by atoms with E-state index in [2.05, 4.69) is 11.7 Å². The molecule has 0 aromatic rings. The van der Waals surface area contributed by atoms with Crippen LogP contribution in [-0.2, 0) is 28.5 Å². The lowest BCUT2D eigenvalue weighted by Crippen LogP contribution is -2.16. The maximum absolute atomic E-state index is 10.9. The maximum Gasteiger partial charge on any atom is 0.332 e. The third-order valence-electron chi connectivity index (χ3n) is 2.04. The highest BCUT2D eigenvalue weighted by Gasteiger charge is 2.00. The molecule has 0 aliphatic heterocycles. The molecule has 0 bridgehead atoms. The molecule has 0 saturated carbocycles. The summed E-state index contributed by atoms with van der Waals surface area (Å²) in [4.78, 5) is 14.6. The number of aliphatic imine (C=N–C) groups is 1. The molecule has 118 valence electrons. The van der Waals surface area contributed by atoms with Crippen molar-refractivity contribution in [2.45, 2.75) is 6.92 Å². The van der Waals surface area contributed by atoms with Crippen LogP contribution < -0.4 is 0 Å². The molecule has 0 aromatic heterocycles. The van der Waals surface area contributed by atoms with E-state index in [1.165, 1.54) is 0 Å². The van der Waals surface area contributed by atoms with E-state index in [-0.39, 0.29) is 12.6 Å². The van der Waals surface area contributed by atoms with Crippen LogP contribution in [0.2, 0.25) is 0 Å². The van der Waals surface area contributed by atoms with Gasteiger partial charge >= 0.3 is 5.97 Å². The molecule has 20 heavy (non-hydrogen) atoms. The largest absolute Gasteiger partial charge is 0.464 e. The van der Waals surface area contributed by atoms with Gasteiger partial charge in [-0.15, -0.1) is 0 Å². The molecule has 0 amide bonds. The van der Waals surface area contributed by atoms with Crippen molar-refractivity contribution in [1.82, 2.24) is 0 Å². The molecule has 0 atom stereocenters. The van der Waals surface area contributed by atoms with Crippen molar-refractivity contribution in [3.63, 3.8) is 0 Å². The minimum atomic E-state index is -0.359. The summed E-state index contributed by atoms with van der Waals surface area (Å²) in [5.74, 6) is -0.359. The zero-order chi connectivity index (χ0) is 14.9. The normalized spacial score (nSPS) is 10.4. The topological polar surface area (TPSA) is 75.6 Å². The quantitative estimate of drug-likeness (QED) is 0.246. The summed E-state index contributed by atoms with van der Waals surface area (Å²) in [6.45, 7) is 9.44. The Morgan fingerprint density at radius 1 is 0.900 bits per heavy atom. The van der Waals surface area contributed by atoms with Crippen LogP contribution in [0.1, 0.15) is 6.92 Å². The molecule has 0 aliphatic rings. The number of rotatable bonds is 15. The highest BCUT2D eigenvalue weighted by molar-refractivity contribution is 5.70. The number of ether oxygens (including phenoxy) is 5. The molecule has 0 spiro atoms. The molecular weight excluding hydrogens is 266 g/mol. The van der Waals surface area contributed by atoms with E-state index in [4.69, 9.17) is 23.7 Å². The van der Waals surface area contributed by atoms with Gasteiger partial charge in [0.2, 0.25) is 0 Å². The van der Waals surface area contributed by atoms with E-state index in [1.807, 2.05) is 0 Å². The van der Waals surface area contributed by atoms with Crippen molar-refractivity contribution in [3.8, 4) is 0 Å². The zero-order valence-electron chi connectivity index (χ0n) is 12.2. The van der Waals surface area contributed by atoms with Crippen molar-refractivity contribution in [1.29, 1.82) is 0 Å². The molecule has 0 unspecified atom stereocenters. The van der Waals surface area contributed by atoms with Crippen LogP contribution in [0, 0.1) is 0 Å². The van der Waals surface area contributed by atoms with Crippen molar-refractivity contribution >= 4 is 12.7 Å². The Hall–Kier alpha value is -1.02. The third kappa shape index (κ3) is 15.0. The van der Waals surface area contributed by atoms with Gasteiger partial charge in [-0.25, -0.2) is 4.79 Å². The second-order valence-corrected chi connectivity index (χ2v) is 3.64. The Bertz CT molecular complexity index is 237. The minimum Gasteiger partial charge on any atom is -0.464 e. The molecule has 0 heterocycles. The van der Waals surface area contributed by atoms with Crippen LogP contribution in [0.4, 0.5) is 0 Å². The fourth-order valence-corrected chi connectivity index (χ4v) is 1.15. The molecule has 7 nitrogen and oxygen atoms in total. The van der Waals surface area contributed by atoms with E-state index in [0.29, 0.717) is 59.4 Å². The first-order chi connectivity index (χ1) is 9.81. The average Bonchev–Trinajstić information content (AvgIpc) is 2.44. The van der Waals surface area contributed by atoms with E-state index < -0.39 is 0 Å². The van der Waals surface area contributed by atoms with E-state index >= 15 is 0 Å². The van der Waals surface area contributed by atoms with Crippen molar-refractivity contribution in [3.05, 3.63) is 0 Å². The van der Waals surface area contributed by atoms with Crippen molar-refractivity contribution in [2.75, 3.05) is 66.0 Å². The van der Waals surface area contributed by atoms with E-state index in [1.54, 1.807) is 6.92 Å². The fraction of sp³-hybridized carbons (Fsp3) is 0.846. The first kappa shape index (κ1) is 19.0. The Labute approximate surface area is 120 Å². The molecule has 0 N–H and O–H groups in total. The smallest absolute Gasteiger partial charge is 0.332 e. The summed E-state index contributed by atoms with van der Waals surface area (Å²) >= 11 is 0. The van der Waals surface area contributed by atoms with Crippen LogP contribution in [0.3, 0.4) is 0 Å². The Morgan fingerprint density at radius 3 is 1.90 bits per heavy atom. The second kappa shape index (κ2) is 16.0. The number of hydrogen-bond acceptors (Lipinski definition) is 7. The summed E-state index contributed by atoms with van der Waals surface area (Å²) in [6.07, 6.45) is 0. The molecule has 0 saturated heterocycles. The third-order valence-corrected chi connectivity index (χ3v) is 2.04. The summed E-state index contributed by atoms with van der Waals surface area (Å²) in [5.41, 5.74) is 0. The van der Waals surface area contributed by atoms with E-state index in [9.17, 15) is 4.79 Å². The number of nitrogens with zero attached hydrogens (tertiary/aromatic N) is 1.